The van der Waals surface area contributed by atoms with Crippen molar-refractivity contribution >= 4 is 37.5 Å². The minimum absolute atomic E-state index is 0.0439. The summed E-state index contributed by atoms with van der Waals surface area (Å²) in [6.45, 7) is 1.90. The lowest BCUT2D eigenvalue weighted by Gasteiger charge is -1.97. The number of rotatable bonds is 5. The fourth-order valence-electron chi connectivity index (χ4n) is 2.16. The summed E-state index contributed by atoms with van der Waals surface area (Å²) >= 11 is 1.22. The topological polar surface area (TPSA) is 47.0 Å². The standard InChI is InChI=1S/C19H17NO2S2/c1-15(11-12-16-7-3-2-4-8-16)13-14-24(21,22)19-20-17-9-5-6-10-18(17)23-19/h2-13H,14H2,1H3/b12-11+,15-13+. The molecule has 0 saturated heterocycles. The quantitative estimate of drug-likeness (QED) is 0.622. The second-order valence-electron chi connectivity index (χ2n) is 5.42. The van der Waals surface area contributed by atoms with Gasteiger partial charge in [0.1, 0.15) is 0 Å². The van der Waals surface area contributed by atoms with E-state index >= 15 is 0 Å². The van der Waals surface area contributed by atoms with Crippen LogP contribution >= 0.6 is 11.3 Å². The fraction of sp³-hybridized carbons (Fsp3) is 0.105. The van der Waals surface area contributed by atoms with Crippen LogP contribution in [0.3, 0.4) is 0 Å². The van der Waals surface area contributed by atoms with Crippen LogP contribution in [0.4, 0.5) is 0 Å². The normalized spacial score (nSPS) is 13.0. The second-order valence-corrected chi connectivity index (χ2v) is 8.66. The number of fused-ring (bicyclic) bond motifs is 1. The molecule has 5 heteroatoms. The summed E-state index contributed by atoms with van der Waals surface area (Å²) < 4.78 is 26.0. The fourth-order valence-corrected chi connectivity index (χ4v) is 4.70. The predicted octanol–water partition coefficient (Wildman–Crippen LogP) is 4.73. The molecule has 0 unspecified atom stereocenters. The highest BCUT2D eigenvalue weighted by atomic mass is 32.2. The number of allylic oxidation sites excluding steroid dienone is 2. The minimum atomic E-state index is -3.40. The molecule has 3 nitrogen and oxygen atoms in total. The number of para-hydroxylation sites is 1. The Morgan fingerprint density at radius 1 is 1.08 bits per heavy atom. The molecule has 0 aliphatic carbocycles. The number of hydrogen-bond acceptors (Lipinski definition) is 4. The van der Waals surface area contributed by atoms with E-state index in [9.17, 15) is 8.42 Å². The Morgan fingerprint density at radius 2 is 1.79 bits per heavy atom. The van der Waals surface area contributed by atoms with E-state index in [2.05, 4.69) is 4.98 Å². The van der Waals surface area contributed by atoms with Crippen molar-refractivity contribution < 1.29 is 8.42 Å². The van der Waals surface area contributed by atoms with Crippen LogP contribution in [0.25, 0.3) is 16.3 Å². The zero-order valence-corrected chi connectivity index (χ0v) is 14.8. The average Bonchev–Trinajstić information content (AvgIpc) is 3.04. The SMILES string of the molecule is CC(/C=C/c1ccccc1)=C\CS(=O)(=O)c1nc2ccccc2s1. The van der Waals surface area contributed by atoms with E-state index < -0.39 is 9.84 Å². The van der Waals surface area contributed by atoms with E-state index in [4.69, 9.17) is 0 Å². The van der Waals surface area contributed by atoms with Crippen LogP contribution in [0.1, 0.15) is 12.5 Å². The van der Waals surface area contributed by atoms with Gasteiger partial charge in [0.15, 0.2) is 0 Å². The lowest BCUT2D eigenvalue weighted by Crippen LogP contribution is -2.04. The van der Waals surface area contributed by atoms with Gasteiger partial charge in [-0.3, -0.25) is 0 Å². The first kappa shape index (κ1) is 16.6. The number of sulfone groups is 1. The summed E-state index contributed by atoms with van der Waals surface area (Å²) in [4.78, 5) is 4.24. The van der Waals surface area contributed by atoms with Gasteiger partial charge in [-0.25, -0.2) is 13.4 Å². The predicted molar refractivity (Wildman–Crippen MR) is 101 cm³/mol. The molecule has 0 aliphatic rings. The van der Waals surface area contributed by atoms with Crippen LogP contribution in [-0.4, -0.2) is 19.2 Å². The van der Waals surface area contributed by atoms with E-state index in [0.717, 1.165) is 21.4 Å². The van der Waals surface area contributed by atoms with Crippen molar-refractivity contribution in [1.29, 1.82) is 0 Å². The molecule has 0 fully saturated rings. The van der Waals surface area contributed by atoms with E-state index in [1.807, 2.05) is 73.7 Å². The highest BCUT2D eigenvalue weighted by molar-refractivity contribution is 7.93. The van der Waals surface area contributed by atoms with Crippen molar-refractivity contribution in [1.82, 2.24) is 4.98 Å². The van der Waals surface area contributed by atoms with Gasteiger partial charge in [0.25, 0.3) is 0 Å². The summed E-state index contributed by atoms with van der Waals surface area (Å²) in [5, 5.41) is 0. The van der Waals surface area contributed by atoms with Crippen molar-refractivity contribution in [2.24, 2.45) is 0 Å². The minimum Gasteiger partial charge on any atom is -0.225 e. The summed E-state index contributed by atoms with van der Waals surface area (Å²) in [6, 6.07) is 17.4. The molecule has 0 N–H and O–H groups in total. The van der Waals surface area contributed by atoms with Crippen molar-refractivity contribution in [3.63, 3.8) is 0 Å². The van der Waals surface area contributed by atoms with E-state index in [-0.39, 0.29) is 10.1 Å². The summed E-state index contributed by atoms with van der Waals surface area (Å²) in [5.41, 5.74) is 2.72. The summed E-state index contributed by atoms with van der Waals surface area (Å²) in [5.74, 6) is -0.0439. The lowest BCUT2D eigenvalue weighted by molar-refractivity contribution is 0.598. The van der Waals surface area contributed by atoms with Gasteiger partial charge >= 0.3 is 0 Å². The molecule has 24 heavy (non-hydrogen) atoms. The molecular weight excluding hydrogens is 338 g/mol. The zero-order valence-electron chi connectivity index (χ0n) is 13.2. The van der Waals surface area contributed by atoms with Gasteiger partial charge in [-0.2, -0.15) is 0 Å². The first-order valence-corrected chi connectivity index (χ1v) is 10.00. The molecule has 3 rings (SSSR count). The van der Waals surface area contributed by atoms with Crippen LogP contribution < -0.4 is 0 Å². The van der Waals surface area contributed by atoms with Gasteiger partial charge in [0, 0.05) is 0 Å². The van der Waals surface area contributed by atoms with Gasteiger partial charge < -0.3 is 0 Å². The number of nitrogens with zero attached hydrogens (tertiary/aromatic N) is 1. The van der Waals surface area contributed by atoms with Crippen LogP contribution in [-0.2, 0) is 9.84 Å². The molecule has 0 amide bonds. The third-order valence-electron chi connectivity index (χ3n) is 3.50. The Labute approximate surface area is 145 Å². The Morgan fingerprint density at radius 3 is 2.54 bits per heavy atom. The smallest absolute Gasteiger partial charge is 0.210 e. The van der Waals surface area contributed by atoms with Gasteiger partial charge in [-0.1, -0.05) is 66.3 Å². The molecule has 1 heterocycles. The van der Waals surface area contributed by atoms with Crippen molar-refractivity contribution in [3.05, 3.63) is 77.9 Å². The highest BCUT2D eigenvalue weighted by Crippen LogP contribution is 2.26. The molecule has 0 aliphatic heterocycles. The largest absolute Gasteiger partial charge is 0.225 e. The number of aromatic nitrogens is 1. The molecule has 0 saturated carbocycles. The molecule has 122 valence electrons. The highest BCUT2D eigenvalue weighted by Gasteiger charge is 2.18. The maximum absolute atomic E-state index is 12.5. The summed E-state index contributed by atoms with van der Waals surface area (Å²) in [6.07, 6.45) is 5.61. The maximum atomic E-state index is 12.5. The molecular formula is C19H17NO2S2. The van der Waals surface area contributed by atoms with E-state index in [0.29, 0.717) is 0 Å². The monoisotopic (exact) mass is 355 g/mol. The van der Waals surface area contributed by atoms with Crippen molar-refractivity contribution in [3.8, 4) is 0 Å². The Bertz CT molecular complexity index is 967. The maximum Gasteiger partial charge on any atom is 0.210 e. The van der Waals surface area contributed by atoms with Crippen molar-refractivity contribution in [2.75, 3.05) is 5.75 Å². The van der Waals surface area contributed by atoms with E-state index in [1.54, 1.807) is 6.08 Å². The lowest BCUT2D eigenvalue weighted by atomic mass is 10.2. The van der Waals surface area contributed by atoms with Crippen molar-refractivity contribution in [2.45, 2.75) is 11.3 Å². The number of benzene rings is 2. The number of hydrogen-bond donors (Lipinski definition) is 0. The first-order valence-electron chi connectivity index (χ1n) is 7.53. The van der Waals surface area contributed by atoms with Crippen LogP contribution in [0.2, 0.25) is 0 Å². The van der Waals surface area contributed by atoms with Gasteiger partial charge in [0.05, 0.1) is 16.0 Å². The molecule has 3 aromatic rings. The van der Waals surface area contributed by atoms with Crippen LogP contribution in [0.5, 0.6) is 0 Å². The number of thiazole rings is 1. The van der Waals surface area contributed by atoms with Crippen LogP contribution in [0.15, 0.2) is 76.7 Å². The van der Waals surface area contributed by atoms with Gasteiger partial charge in [0.2, 0.25) is 14.2 Å². The Balaban J connectivity index is 1.75. The second kappa shape index (κ2) is 7.11. The first-order chi connectivity index (χ1) is 11.5. The Kier molecular flexibility index (Phi) is 4.92. The molecule has 0 atom stereocenters. The van der Waals surface area contributed by atoms with Gasteiger partial charge in [-0.15, -0.1) is 11.3 Å². The third kappa shape index (κ3) is 3.99. The van der Waals surface area contributed by atoms with E-state index in [1.165, 1.54) is 11.3 Å². The molecule has 0 radical (unpaired) electrons. The zero-order chi connectivity index (χ0) is 17.0. The van der Waals surface area contributed by atoms with Crippen LogP contribution in [0, 0.1) is 0 Å². The Hall–Kier alpha value is -2.24. The molecule has 2 aromatic carbocycles. The molecule has 0 spiro atoms. The van der Waals surface area contributed by atoms with Gasteiger partial charge in [-0.05, 0) is 24.6 Å². The molecule has 0 bridgehead atoms. The average molecular weight is 355 g/mol. The summed E-state index contributed by atoms with van der Waals surface area (Å²) in [7, 11) is -3.40. The molecule has 1 aromatic heterocycles. The third-order valence-corrected chi connectivity index (χ3v) is 6.58.